The third kappa shape index (κ3) is 2.75. The Hall–Kier alpha value is -1.72. The molecule has 1 heterocycles. The van der Waals surface area contributed by atoms with Gasteiger partial charge in [-0.2, -0.15) is 4.79 Å². The van der Waals surface area contributed by atoms with Crippen LogP contribution in [0.15, 0.2) is 0 Å². The predicted octanol–water partition coefficient (Wildman–Crippen LogP) is 0.695. The molecule has 1 saturated heterocycles. The van der Waals surface area contributed by atoms with Crippen LogP contribution in [0, 0.1) is 5.41 Å². The fraction of sp³-hybridized carbons (Fsp3) is 0.727. The molecular weight excluding hydrogens is 238 g/mol. The van der Waals surface area contributed by atoms with Crippen molar-refractivity contribution < 1.29 is 23.9 Å². The molecule has 0 aromatic carbocycles. The minimum atomic E-state index is -0.822. The second kappa shape index (κ2) is 5.29. The first-order valence-electron chi connectivity index (χ1n) is 5.52. The van der Waals surface area contributed by atoms with Crippen molar-refractivity contribution >= 4 is 18.1 Å². The number of methoxy groups -OCH3 is 1. The summed E-state index contributed by atoms with van der Waals surface area (Å²) in [6.45, 7) is 5.73. The summed E-state index contributed by atoms with van der Waals surface area (Å²) < 4.78 is 10.2. The van der Waals surface area contributed by atoms with Gasteiger partial charge in [0.2, 0.25) is 0 Å². The van der Waals surface area contributed by atoms with E-state index in [1.54, 1.807) is 0 Å². The molecule has 1 fully saturated rings. The van der Waals surface area contributed by atoms with Crippen LogP contribution in [-0.4, -0.2) is 53.8 Å². The Bertz CT molecular complexity index is 396. The van der Waals surface area contributed by atoms with Gasteiger partial charge in [-0.05, 0) is 0 Å². The molecule has 18 heavy (non-hydrogen) atoms. The molecule has 7 nitrogen and oxygen atoms in total. The van der Waals surface area contributed by atoms with Gasteiger partial charge in [-0.15, -0.1) is 0 Å². The van der Waals surface area contributed by atoms with Crippen molar-refractivity contribution in [3.05, 3.63) is 5.53 Å². The van der Waals surface area contributed by atoms with Gasteiger partial charge in [0, 0.05) is 5.41 Å². The number of amides is 1. The quantitative estimate of drug-likeness (QED) is 0.412. The number of ketones is 1. The average molecular weight is 255 g/mol. The summed E-state index contributed by atoms with van der Waals surface area (Å²) in [6, 6.07) is -0.822. The maximum Gasteiger partial charge on any atom is 0.412 e. The van der Waals surface area contributed by atoms with E-state index in [1.165, 1.54) is 12.0 Å². The Labute approximate surface area is 105 Å². The van der Waals surface area contributed by atoms with Gasteiger partial charge >= 0.3 is 12.3 Å². The van der Waals surface area contributed by atoms with Crippen LogP contribution < -0.4 is 0 Å². The van der Waals surface area contributed by atoms with E-state index in [1.807, 2.05) is 20.8 Å². The number of carbonyl (C=O) groups excluding carboxylic acids is 2. The highest BCUT2D eigenvalue weighted by molar-refractivity contribution is 6.28. The van der Waals surface area contributed by atoms with Crippen LogP contribution in [0.3, 0.4) is 0 Å². The molecule has 0 spiro atoms. The maximum absolute atomic E-state index is 11.8. The number of hydrogen-bond acceptors (Lipinski definition) is 4. The fourth-order valence-corrected chi connectivity index (χ4v) is 1.86. The molecule has 1 aliphatic rings. The van der Waals surface area contributed by atoms with E-state index in [-0.39, 0.29) is 12.0 Å². The second-order valence-corrected chi connectivity index (χ2v) is 5.09. The van der Waals surface area contributed by atoms with Crippen molar-refractivity contribution in [1.29, 1.82) is 0 Å². The normalized spacial score (nSPS) is 23.4. The predicted molar refractivity (Wildman–Crippen MR) is 61.9 cm³/mol. The van der Waals surface area contributed by atoms with E-state index in [9.17, 15) is 9.59 Å². The lowest BCUT2D eigenvalue weighted by molar-refractivity contribution is -0.120. The van der Waals surface area contributed by atoms with Crippen LogP contribution in [0.4, 0.5) is 4.79 Å². The number of carbonyl (C=O) groups is 2. The molecule has 2 atom stereocenters. The minimum Gasteiger partial charge on any atom is -0.453 e. The highest BCUT2D eigenvalue weighted by Gasteiger charge is 2.47. The second-order valence-electron chi connectivity index (χ2n) is 5.09. The topological polar surface area (TPSA) is 92.2 Å². The lowest BCUT2D eigenvalue weighted by Crippen LogP contribution is -2.50. The first-order valence-corrected chi connectivity index (χ1v) is 5.52. The van der Waals surface area contributed by atoms with Crippen LogP contribution in [0.1, 0.15) is 20.8 Å². The molecule has 0 saturated carbocycles. The lowest BCUT2D eigenvalue weighted by Gasteiger charge is -2.33. The number of hydrogen-bond donors (Lipinski definition) is 0. The zero-order chi connectivity index (χ0) is 13.9. The number of ether oxygens (including phenoxy) is 2. The van der Waals surface area contributed by atoms with E-state index in [0.717, 1.165) is 6.21 Å². The number of nitrogens with zero attached hydrogens (tertiary/aromatic N) is 3. The Morgan fingerprint density at radius 3 is 2.56 bits per heavy atom. The summed E-state index contributed by atoms with van der Waals surface area (Å²) >= 11 is 0. The molecule has 0 aromatic rings. The summed E-state index contributed by atoms with van der Waals surface area (Å²) in [5.74, 6) is -0.505. The zero-order valence-electron chi connectivity index (χ0n) is 10.9. The molecule has 1 rings (SSSR count). The lowest BCUT2D eigenvalue weighted by atomic mass is 9.93. The van der Waals surface area contributed by atoms with Crippen LogP contribution in [0.25, 0.3) is 5.53 Å². The van der Waals surface area contributed by atoms with Gasteiger partial charge < -0.3 is 15.0 Å². The van der Waals surface area contributed by atoms with E-state index < -0.39 is 24.1 Å². The summed E-state index contributed by atoms with van der Waals surface area (Å²) in [4.78, 5) is 27.4. The van der Waals surface area contributed by atoms with E-state index in [4.69, 9.17) is 10.3 Å². The monoisotopic (exact) mass is 255 g/mol. The molecule has 0 aromatic heterocycles. The van der Waals surface area contributed by atoms with Crippen molar-refractivity contribution in [2.45, 2.75) is 33.0 Å². The van der Waals surface area contributed by atoms with Crippen molar-refractivity contribution in [2.24, 2.45) is 5.41 Å². The molecule has 1 unspecified atom stereocenters. The molecule has 0 N–H and O–H groups in total. The van der Waals surface area contributed by atoms with Crippen LogP contribution in [0.2, 0.25) is 0 Å². The zero-order valence-corrected chi connectivity index (χ0v) is 10.9. The molecule has 0 radical (unpaired) electrons. The van der Waals surface area contributed by atoms with Gasteiger partial charge in [-0.3, -0.25) is 9.69 Å². The van der Waals surface area contributed by atoms with Gasteiger partial charge in [0.1, 0.15) is 12.3 Å². The Kier molecular flexibility index (Phi) is 4.21. The Morgan fingerprint density at radius 2 is 2.11 bits per heavy atom. The first kappa shape index (κ1) is 14.3. The van der Waals surface area contributed by atoms with Crippen LogP contribution >= 0.6 is 0 Å². The van der Waals surface area contributed by atoms with Crippen molar-refractivity contribution in [3.8, 4) is 0 Å². The largest absolute Gasteiger partial charge is 0.453 e. The van der Waals surface area contributed by atoms with Crippen molar-refractivity contribution in [2.75, 3.05) is 13.7 Å². The first-order chi connectivity index (χ1) is 8.32. The summed E-state index contributed by atoms with van der Waals surface area (Å²) in [5.41, 5.74) is 8.02. The van der Waals surface area contributed by atoms with Crippen molar-refractivity contribution in [1.82, 2.24) is 4.90 Å². The summed E-state index contributed by atoms with van der Waals surface area (Å²) in [6.07, 6.45) is -0.447. The number of Topliss-reactive ketones (excluding diaryl/α,β-unsaturated/α-hetero) is 1. The minimum absolute atomic E-state index is 0.0574. The third-order valence-corrected chi connectivity index (χ3v) is 2.64. The SMILES string of the molecule is COC(=O)N1C(C(C)(C)C)OC[C@H]1C(=O)C=[N+]=[N-]. The van der Waals surface area contributed by atoms with Gasteiger partial charge in [-0.1, -0.05) is 20.8 Å². The van der Waals surface area contributed by atoms with E-state index >= 15 is 0 Å². The molecule has 1 aliphatic heterocycles. The van der Waals surface area contributed by atoms with Crippen LogP contribution in [0.5, 0.6) is 0 Å². The smallest absolute Gasteiger partial charge is 0.412 e. The van der Waals surface area contributed by atoms with Gasteiger partial charge in [0.15, 0.2) is 0 Å². The Balaban J connectivity index is 3.04. The van der Waals surface area contributed by atoms with Crippen LogP contribution in [-0.2, 0) is 14.3 Å². The standard InChI is InChI=1S/C11H17N3O4/c1-11(2,3)9-14(10(16)17-4)7(6-18-9)8(15)5-13-12/h5,7,9H,6H2,1-4H3/t7-,9?/m0/s1. The maximum atomic E-state index is 11.8. The van der Waals surface area contributed by atoms with Gasteiger partial charge in [0.25, 0.3) is 5.78 Å². The van der Waals surface area contributed by atoms with Gasteiger partial charge in [0.05, 0.1) is 13.7 Å². The third-order valence-electron chi connectivity index (χ3n) is 2.64. The molecule has 0 bridgehead atoms. The summed E-state index contributed by atoms with van der Waals surface area (Å²) in [7, 11) is 1.24. The average Bonchev–Trinajstić information content (AvgIpc) is 2.72. The van der Waals surface area contributed by atoms with Gasteiger partial charge in [-0.25, -0.2) is 4.79 Å². The summed E-state index contributed by atoms with van der Waals surface area (Å²) in [5, 5.41) is 0. The Morgan fingerprint density at radius 1 is 1.50 bits per heavy atom. The molecule has 0 aliphatic carbocycles. The fourth-order valence-electron chi connectivity index (χ4n) is 1.86. The molecule has 7 heteroatoms. The highest BCUT2D eigenvalue weighted by Crippen LogP contribution is 2.32. The molecule has 1 amide bonds. The van der Waals surface area contributed by atoms with E-state index in [2.05, 4.69) is 9.53 Å². The highest BCUT2D eigenvalue weighted by atomic mass is 16.6. The molecule has 100 valence electrons. The number of rotatable bonds is 2. The van der Waals surface area contributed by atoms with E-state index in [0.29, 0.717) is 0 Å². The van der Waals surface area contributed by atoms with Crippen molar-refractivity contribution in [3.63, 3.8) is 0 Å². The molecular formula is C11H17N3O4.